The van der Waals surface area contributed by atoms with Gasteiger partial charge in [0.2, 0.25) is 0 Å². The first kappa shape index (κ1) is 18.2. The van der Waals surface area contributed by atoms with Crippen LogP contribution in [0.15, 0.2) is 52.3 Å². The van der Waals surface area contributed by atoms with Gasteiger partial charge in [-0.3, -0.25) is 13.3 Å². The largest absolute Gasteiger partial charge is 0.755 e. The molecule has 0 bridgehead atoms. The number of rotatable bonds is 6. The molecule has 2 unspecified atom stereocenters. The molecule has 2 aromatic rings. The maximum Gasteiger partial charge on any atom is 0.328 e. The molecule has 10 heteroatoms. The van der Waals surface area contributed by atoms with E-state index in [9.17, 15) is 23.5 Å². The molecule has 2 N–H and O–H groups in total. The standard InChI is InChI=1S/C16H13NO7S2/c18-15(19)8-10(16(20)21)17(26(22)23)9-5-6-14-12(7-9)24-11-3-1-2-4-13(11)25-14/h1-7,10H,8H2,(H,18,19)(H,20,21)(H,22,23)/p-1. The van der Waals surface area contributed by atoms with Crippen LogP contribution in [-0.2, 0) is 20.9 Å². The van der Waals surface area contributed by atoms with Crippen LogP contribution in [0.4, 0.5) is 5.69 Å². The van der Waals surface area contributed by atoms with Crippen molar-refractivity contribution < 1.29 is 33.3 Å². The second-order valence-corrected chi connectivity index (χ2v) is 7.19. The highest BCUT2D eigenvalue weighted by Gasteiger charge is 2.30. The molecule has 0 radical (unpaired) electrons. The molecule has 0 spiro atoms. The van der Waals surface area contributed by atoms with Gasteiger partial charge >= 0.3 is 11.9 Å². The van der Waals surface area contributed by atoms with Crippen LogP contribution in [0.3, 0.4) is 0 Å². The molecule has 8 nitrogen and oxygen atoms in total. The van der Waals surface area contributed by atoms with Gasteiger partial charge in [0.25, 0.3) is 0 Å². The van der Waals surface area contributed by atoms with E-state index in [0.29, 0.717) is 15.8 Å². The Labute approximate surface area is 154 Å². The lowest BCUT2D eigenvalue weighted by molar-refractivity contribution is -0.144. The summed E-state index contributed by atoms with van der Waals surface area (Å²) in [5.41, 5.74) is 0.00529. The van der Waals surface area contributed by atoms with Crippen LogP contribution in [-0.4, -0.2) is 37.0 Å². The predicted molar refractivity (Wildman–Crippen MR) is 92.2 cm³/mol. The summed E-state index contributed by atoms with van der Waals surface area (Å²) in [6.07, 6.45) is -0.876. The molecule has 1 aliphatic heterocycles. The highest BCUT2D eigenvalue weighted by molar-refractivity contribution is 7.99. The van der Waals surface area contributed by atoms with E-state index < -0.39 is 35.7 Å². The monoisotopic (exact) mass is 394 g/mol. The van der Waals surface area contributed by atoms with Gasteiger partial charge in [-0.1, -0.05) is 23.9 Å². The third-order valence-corrected chi connectivity index (χ3v) is 5.47. The van der Waals surface area contributed by atoms with Gasteiger partial charge in [0.1, 0.15) is 17.5 Å². The number of carbonyl (C=O) groups is 2. The van der Waals surface area contributed by atoms with Gasteiger partial charge in [0, 0.05) is 17.3 Å². The summed E-state index contributed by atoms with van der Waals surface area (Å²) in [4.78, 5) is 23.9. The molecule has 26 heavy (non-hydrogen) atoms. The van der Waals surface area contributed by atoms with Crippen molar-refractivity contribution in [1.29, 1.82) is 0 Å². The number of anilines is 1. The highest BCUT2D eigenvalue weighted by Crippen LogP contribution is 2.48. The topological polar surface area (TPSA) is 127 Å². The van der Waals surface area contributed by atoms with E-state index in [1.807, 2.05) is 12.1 Å². The number of ether oxygens (including phenoxy) is 1. The average molecular weight is 394 g/mol. The van der Waals surface area contributed by atoms with Gasteiger partial charge in [0.05, 0.1) is 21.9 Å². The molecule has 0 saturated carbocycles. The van der Waals surface area contributed by atoms with Gasteiger partial charge < -0.3 is 19.5 Å². The molecule has 2 atom stereocenters. The predicted octanol–water partition coefficient (Wildman–Crippen LogP) is 2.47. The maximum atomic E-state index is 11.6. The Morgan fingerprint density at radius 2 is 1.85 bits per heavy atom. The molecule has 136 valence electrons. The van der Waals surface area contributed by atoms with Crippen molar-refractivity contribution in [3.8, 4) is 11.5 Å². The number of benzene rings is 2. The highest BCUT2D eigenvalue weighted by atomic mass is 32.2. The van der Waals surface area contributed by atoms with Gasteiger partial charge in [-0.05, 0) is 24.3 Å². The van der Waals surface area contributed by atoms with E-state index >= 15 is 0 Å². The van der Waals surface area contributed by atoms with E-state index in [2.05, 4.69) is 0 Å². The van der Waals surface area contributed by atoms with Crippen molar-refractivity contribution in [2.75, 3.05) is 4.31 Å². The molecule has 0 amide bonds. The SMILES string of the molecule is O=C(O)CC(C(=O)O)N(c1ccc2c(c1)Oc1ccccc1S2)S(=O)[O-]. The Morgan fingerprint density at radius 3 is 2.50 bits per heavy atom. The molecule has 0 aromatic heterocycles. The average Bonchev–Trinajstić information content (AvgIpc) is 2.58. The van der Waals surface area contributed by atoms with Crippen molar-refractivity contribution >= 4 is 40.7 Å². The molecular formula is C16H12NO7S2-. The number of hydrogen-bond donors (Lipinski definition) is 2. The molecule has 0 fully saturated rings. The van der Waals surface area contributed by atoms with E-state index in [4.69, 9.17) is 9.84 Å². The van der Waals surface area contributed by atoms with Crippen LogP contribution in [0.2, 0.25) is 0 Å². The zero-order valence-electron chi connectivity index (χ0n) is 13.0. The first-order valence-electron chi connectivity index (χ1n) is 7.29. The summed E-state index contributed by atoms with van der Waals surface area (Å²) >= 11 is -1.56. The second-order valence-electron chi connectivity index (χ2n) is 5.28. The Hall–Kier alpha value is -2.56. The van der Waals surface area contributed by atoms with Gasteiger partial charge in [-0.2, -0.15) is 0 Å². The number of hydrogen-bond acceptors (Lipinski definition) is 6. The first-order chi connectivity index (χ1) is 12.4. The van der Waals surface area contributed by atoms with Gasteiger partial charge in [-0.25, -0.2) is 4.79 Å². The Bertz CT molecular complexity index is 902. The zero-order chi connectivity index (χ0) is 18.8. The normalized spacial score (nSPS) is 14.3. The summed E-state index contributed by atoms with van der Waals surface area (Å²) in [6.45, 7) is 0. The Balaban J connectivity index is 1.98. The smallest absolute Gasteiger partial charge is 0.328 e. The summed E-state index contributed by atoms with van der Waals surface area (Å²) in [6, 6.07) is 9.91. The van der Waals surface area contributed by atoms with Crippen LogP contribution in [0.1, 0.15) is 6.42 Å². The summed E-state index contributed by atoms with van der Waals surface area (Å²) in [7, 11) is 0. The zero-order valence-corrected chi connectivity index (χ0v) is 14.7. The number of fused-ring (bicyclic) bond motifs is 2. The lowest BCUT2D eigenvalue weighted by Crippen LogP contribution is -2.43. The molecule has 1 aliphatic rings. The molecular weight excluding hydrogens is 382 g/mol. The molecule has 0 aliphatic carbocycles. The Kier molecular flexibility index (Phi) is 5.16. The molecule has 0 saturated heterocycles. The van der Waals surface area contributed by atoms with Crippen molar-refractivity contribution in [2.45, 2.75) is 22.3 Å². The van der Waals surface area contributed by atoms with E-state index in [1.165, 1.54) is 23.9 Å². The van der Waals surface area contributed by atoms with Gasteiger partial charge in [0.15, 0.2) is 0 Å². The number of carboxylic acids is 2. The number of nitrogens with zero attached hydrogens (tertiary/aromatic N) is 1. The number of carboxylic acid groups (broad SMARTS) is 2. The first-order valence-corrected chi connectivity index (χ1v) is 9.13. The van der Waals surface area contributed by atoms with Crippen molar-refractivity contribution in [2.24, 2.45) is 0 Å². The summed E-state index contributed by atoms with van der Waals surface area (Å²) in [5.74, 6) is -2.03. The maximum absolute atomic E-state index is 11.6. The van der Waals surface area contributed by atoms with Crippen LogP contribution < -0.4 is 9.04 Å². The number of aliphatic carboxylic acids is 2. The van der Waals surface area contributed by atoms with Crippen molar-refractivity contribution in [3.63, 3.8) is 0 Å². The lowest BCUT2D eigenvalue weighted by atomic mass is 10.2. The van der Waals surface area contributed by atoms with Crippen molar-refractivity contribution in [3.05, 3.63) is 42.5 Å². The fourth-order valence-corrected chi connectivity index (χ4v) is 4.05. The second kappa shape index (κ2) is 7.36. The molecule has 1 heterocycles. The number of para-hydroxylation sites is 1. The van der Waals surface area contributed by atoms with E-state index in [1.54, 1.807) is 18.2 Å². The minimum atomic E-state index is -2.99. The van der Waals surface area contributed by atoms with E-state index in [-0.39, 0.29) is 5.69 Å². The molecule has 2 aromatic carbocycles. The minimum absolute atomic E-state index is 0.00529. The fraction of sp³-hybridized carbons (Fsp3) is 0.125. The molecule has 3 rings (SSSR count). The summed E-state index contributed by atoms with van der Waals surface area (Å²) < 4.78 is 29.5. The minimum Gasteiger partial charge on any atom is -0.755 e. The lowest BCUT2D eigenvalue weighted by Gasteiger charge is -2.32. The summed E-state index contributed by atoms with van der Waals surface area (Å²) in [5, 5.41) is 18.2. The van der Waals surface area contributed by atoms with Gasteiger partial charge in [-0.15, -0.1) is 0 Å². The quantitative estimate of drug-likeness (QED) is 0.611. The van der Waals surface area contributed by atoms with Crippen LogP contribution in [0.25, 0.3) is 0 Å². The van der Waals surface area contributed by atoms with Crippen LogP contribution in [0, 0.1) is 0 Å². The van der Waals surface area contributed by atoms with E-state index in [0.717, 1.165) is 9.79 Å². The van der Waals surface area contributed by atoms with Crippen molar-refractivity contribution in [1.82, 2.24) is 0 Å². The third-order valence-electron chi connectivity index (χ3n) is 3.57. The third kappa shape index (κ3) is 3.66. The van der Waals surface area contributed by atoms with Crippen LogP contribution >= 0.6 is 11.8 Å². The van der Waals surface area contributed by atoms with Crippen LogP contribution in [0.5, 0.6) is 11.5 Å². The fourth-order valence-electron chi connectivity index (χ4n) is 2.46. The Morgan fingerprint density at radius 1 is 1.15 bits per heavy atom.